The highest BCUT2D eigenvalue weighted by atomic mass is 32.1. The van der Waals surface area contributed by atoms with Gasteiger partial charge in [0.15, 0.2) is 10.7 Å². The molecule has 0 aliphatic heterocycles. The number of amides is 1. The van der Waals surface area contributed by atoms with Crippen molar-refractivity contribution in [2.45, 2.75) is 26.2 Å². The van der Waals surface area contributed by atoms with Crippen molar-refractivity contribution >= 4 is 46.1 Å². The molecule has 5 nitrogen and oxygen atoms in total. The zero-order valence-electron chi connectivity index (χ0n) is 18.5. The predicted molar refractivity (Wildman–Crippen MR) is 138 cm³/mol. The number of hydrogen-bond donors (Lipinski definition) is 2. The van der Waals surface area contributed by atoms with Crippen molar-refractivity contribution in [2.24, 2.45) is 0 Å². The lowest BCUT2D eigenvalue weighted by atomic mass is 9.98. The van der Waals surface area contributed by atoms with E-state index in [1.54, 1.807) is 6.08 Å². The number of aromatic nitrogens is 1. The van der Waals surface area contributed by atoms with E-state index in [0.29, 0.717) is 11.8 Å². The van der Waals surface area contributed by atoms with Crippen LogP contribution in [0.2, 0.25) is 0 Å². The summed E-state index contributed by atoms with van der Waals surface area (Å²) >= 11 is 5.25. The van der Waals surface area contributed by atoms with Gasteiger partial charge in [0.2, 0.25) is 11.8 Å². The van der Waals surface area contributed by atoms with Gasteiger partial charge < -0.3 is 9.73 Å². The molecule has 1 aromatic heterocycles. The van der Waals surface area contributed by atoms with Gasteiger partial charge in [-0.3, -0.25) is 10.1 Å². The molecule has 0 radical (unpaired) electrons. The average Bonchev–Trinajstić information content (AvgIpc) is 3.26. The van der Waals surface area contributed by atoms with Crippen LogP contribution in [0, 0.1) is 0 Å². The first-order valence-electron chi connectivity index (χ1n) is 10.9. The van der Waals surface area contributed by atoms with E-state index < -0.39 is 0 Å². The largest absolute Gasteiger partial charge is 0.436 e. The Balaban J connectivity index is 1.38. The minimum Gasteiger partial charge on any atom is -0.436 e. The fraction of sp³-hybridized carbons (Fsp3) is 0.148. The summed E-state index contributed by atoms with van der Waals surface area (Å²) in [5.74, 6) is 0.758. The van der Waals surface area contributed by atoms with Crippen LogP contribution in [0.3, 0.4) is 0 Å². The van der Waals surface area contributed by atoms with Crippen molar-refractivity contribution in [2.75, 3.05) is 5.32 Å². The second-order valence-corrected chi connectivity index (χ2v) is 8.23. The molecular weight excluding hydrogens is 430 g/mol. The Morgan fingerprint density at radius 1 is 1.09 bits per heavy atom. The normalized spacial score (nSPS) is 12.1. The fourth-order valence-corrected chi connectivity index (χ4v) is 3.58. The zero-order chi connectivity index (χ0) is 23.2. The highest BCUT2D eigenvalue weighted by molar-refractivity contribution is 7.80. The van der Waals surface area contributed by atoms with E-state index in [2.05, 4.69) is 41.6 Å². The first kappa shape index (κ1) is 22.4. The number of fused-ring (bicyclic) bond motifs is 1. The summed E-state index contributed by atoms with van der Waals surface area (Å²) in [4.78, 5) is 16.7. The molecule has 0 saturated heterocycles. The van der Waals surface area contributed by atoms with Crippen molar-refractivity contribution in [1.29, 1.82) is 0 Å². The first-order chi connectivity index (χ1) is 16.0. The quantitative estimate of drug-likeness (QED) is 0.255. The molecule has 3 aromatic carbocycles. The number of hydrogen-bond acceptors (Lipinski definition) is 4. The Kier molecular flexibility index (Phi) is 6.95. The van der Waals surface area contributed by atoms with Crippen molar-refractivity contribution in [3.05, 3.63) is 90.0 Å². The summed E-state index contributed by atoms with van der Waals surface area (Å²) in [5.41, 5.74) is 5.45. The molecule has 0 aliphatic rings. The zero-order valence-corrected chi connectivity index (χ0v) is 19.4. The number of rotatable bonds is 6. The van der Waals surface area contributed by atoms with Crippen LogP contribution in [-0.4, -0.2) is 16.0 Å². The molecule has 0 aliphatic carbocycles. The van der Waals surface area contributed by atoms with Gasteiger partial charge in [0.25, 0.3) is 0 Å². The minimum absolute atomic E-state index is 0.227. The van der Waals surface area contributed by atoms with Crippen molar-refractivity contribution < 1.29 is 9.21 Å². The first-order valence-corrected chi connectivity index (χ1v) is 11.3. The van der Waals surface area contributed by atoms with Gasteiger partial charge in [0.05, 0.1) is 0 Å². The van der Waals surface area contributed by atoms with Crippen molar-refractivity contribution in [3.63, 3.8) is 0 Å². The molecule has 2 N–H and O–H groups in total. The molecule has 33 heavy (non-hydrogen) atoms. The Hall–Kier alpha value is -3.77. The van der Waals surface area contributed by atoms with Crippen LogP contribution in [0.15, 0.2) is 83.3 Å². The molecule has 4 rings (SSSR count). The van der Waals surface area contributed by atoms with Crippen molar-refractivity contribution in [1.82, 2.24) is 10.3 Å². The number of oxazole rings is 1. The van der Waals surface area contributed by atoms with E-state index >= 15 is 0 Å². The second kappa shape index (κ2) is 10.2. The molecule has 166 valence electrons. The highest BCUT2D eigenvalue weighted by Gasteiger charge is 2.11. The molecule has 1 atom stereocenters. The Morgan fingerprint density at radius 3 is 2.58 bits per heavy atom. The molecule has 4 aromatic rings. The Morgan fingerprint density at radius 2 is 1.85 bits per heavy atom. The summed E-state index contributed by atoms with van der Waals surface area (Å²) < 4.78 is 5.94. The molecule has 0 fully saturated rings. The smallest absolute Gasteiger partial charge is 0.250 e. The van der Waals surface area contributed by atoms with Crippen LogP contribution in [-0.2, 0) is 4.79 Å². The second-order valence-electron chi connectivity index (χ2n) is 7.82. The van der Waals surface area contributed by atoms with Crippen LogP contribution in [0.4, 0.5) is 5.69 Å². The lowest BCUT2D eigenvalue weighted by molar-refractivity contribution is -0.115. The van der Waals surface area contributed by atoms with Gasteiger partial charge in [-0.1, -0.05) is 50.2 Å². The van der Waals surface area contributed by atoms with Gasteiger partial charge >= 0.3 is 0 Å². The maximum absolute atomic E-state index is 12.1. The summed E-state index contributed by atoms with van der Waals surface area (Å²) in [6.45, 7) is 4.39. The van der Waals surface area contributed by atoms with Crippen LogP contribution in [0.1, 0.15) is 37.3 Å². The molecule has 0 unspecified atom stereocenters. The van der Waals surface area contributed by atoms with Gasteiger partial charge in [-0.15, -0.1) is 0 Å². The van der Waals surface area contributed by atoms with Gasteiger partial charge in [0, 0.05) is 17.3 Å². The Labute approximate surface area is 198 Å². The van der Waals surface area contributed by atoms with Gasteiger partial charge in [0.1, 0.15) is 5.52 Å². The van der Waals surface area contributed by atoms with Crippen LogP contribution in [0.5, 0.6) is 0 Å². The van der Waals surface area contributed by atoms with E-state index in [1.807, 2.05) is 60.7 Å². The Bertz CT molecular complexity index is 1290. The summed E-state index contributed by atoms with van der Waals surface area (Å²) in [6, 6.07) is 23.3. The van der Waals surface area contributed by atoms with E-state index in [0.717, 1.165) is 34.3 Å². The number of nitrogens with one attached hydrogen (secondary N) is 2. The molecule has 0 bridgehead atoms. The molecule has 6 heteroatoms. The summed E-state index contributed by atoms with van der Waals surface area (Å²) in [5, 5.41) is 5.89. The number of carbonyl (C=O) groups excluding carboxylic acids is 1. The number of benzene rings is 3. The minimum atomic E-state index is -0.295. The van der Waals surface area contributed by atoms with E-state index in [1.165, 1.54) is 11.6 Å². The molecule has 1 amide bonds. The predicted octanol–water partition coefficient (Wildman–Crippen LogP) is 6.53. The van der Waals surface area contributed by atoms with Crippen LogP contribution in [0.25, 0.3) is 28.6 Å². The third kappa shape index (κ3) is 5.73. The number of nitrogens with zero attached hydrogens (tertiary/aromatic N) is 1. The number of thiocarbonyl (C=S) groups is 1. The molecule has 0 spiro atoms. The third-order valence-corrected chi connectivity index (χ3v) is 5.65. The van der Waals surface area contributed by atoms with E-state index in [9.17, 15) is 4.79 Å². The average molecular weight is 456 g/mol. The van der Waals surface area contributed by atoms with Crippen molar-refractivity contribution in [3.8, 4) is 11.5 Å². The lowest BCUT2D eigenvalue weighted by Gasteiger charge is -2.08. The molecular formula is C27H25N3O2S. The monoisotopic (exact) mass is 455 g/mol. The number of anilines is 1. The maximum Gasteiger partial charge on any atom is 0.250 e. The molecule has 0 saturated carbocycles. The van der Waals surface area contributed by atoms with E-state index in [4.69, 9.17) is 16.6 Å². The highest BCUT2D eigenvalue weighted by Crippen LogP contribution is 2.28. The lowest BCUT2D eigenvalue weighted by Crippen LogP contribution is -2.32. The maximum atomic E-state index is 12.1. The van der Waals surface area contributed by atoms with Crippen LogP contribution < -0.4 is 10.6 Å². The fourth-order valence-electron chi connectivity index (χ4n) is 3.36. The van der Waals surface area contributed by atoms with Crippen LogP contribution >= 0.6 is 12.2 Å². The standard InChI is InChI=1S/C27H25N3O2S/c1-3-18(2)21-12-15-24-23(17-21)29-26(32-24)20-10-13-22(14-11-20)28-27(33)30-25(31)16-9-19-7-5-4-6-8-19/h4-18H,3H2,1-2H3,(H2,28,30,31,33)/b16-9+/t18-/m1/s1. The van der Waals surface area contributed by atoms with E-state index in [-0.39, 0.29) is 11.0 Å². The molecule has 1 heterocycles. The summed E-state index contributed by atoms with van der Waals surface area (Å²) in [6.07, 6.45) is 4.27. The van der Waals surface area contributed by atoms with Gasteiger partial charge in [-0.2, -0.15) is 0 Å². The SMILES string of the molecule is CC[C@@H](C)c1ccc2oc(-c3ccc(NC(=S)NC(=O)/C=C/c4ccccc4)cc3)nc2c1. The topological polar surface area (TPSA) is 67.2 Å². The third-order valence-electron chi connectivity index (χ3n) is 5.45. The van der Waals surface area contributed by atoms with Gasteiger partial charge in [-0.05, 0) is 78.2 Å². The summed E-state index contributed by atoms with van der Waals surface area (Å²) in [7, 11) is 0. The number of carbonyl (C=O) groups is 1. The van der Waals surface area contributed by atoms with Gasteiger partial charge in [-0.25, -0.2) is 4.98 Å².